The van der Waals surface area contributed by atoms with E-state index in [0.717, 1.165) is 0 Å². The molecular formula is C14H10BrN3O5. The van der Waals surface area contributed by atoms with Gasteiger partial charge in [0.05, 0.1) is 22.0 Å². The topological polar surface area (TPSA) is 115 Å². The molecule has 2 aromatic carbocycles. The third-order valence-corrected chi connectivity index (χ3v) is 3.67. The van der Waals surface area contributed by atoms with Crippen molar-refractivity contribution in [1.29, 1.82) is 0 Å². The zero-order valence-electron chi connectivity index (χ0n) is 11.6. The largest absolute Gasteiger partial charge is 0.325 e. The summed E-state index contributed by atoms with van der Waals surface area (Å²) < 4.78 is 0.471. The lowest BCUT2D eigenvalue weighted by atomic mass is 10.1. The van der Waals surface area contributed by atoms with Gasteiger partial charge in [0.2, 0.25) is 5.91 Å². The lowest BCUT2D eigenvalue weighted by molar-refractivity contribution is -0.385. The highest BCUT2D eigenvalue weighted by Crippen LogP contribution is 2.27. The second-order valence-electron chi connectivity index (χ2n) is 4.53. The van der Waals surface area contributed by atoms with Gasteiger partial charge in [-0.3, -0.25) is 25.0 Å². The Kier molecular flexibility index (Phi) is 5.02. The Balaban J connectivity index is 2.19. The number of rotatable bonds is 5. The van der Waals surface area contributed by atoms with Gasteiger partial charge in [-0.05, 0) is 22.0 Å². The quantitative estimate of drug-likeness (QED) is 0.630. The molecule has 0 saturated heterocycles. The number of hydrogen-bond donors (Lipinski definition) is 1. The van der Waals surface area contributed by atoms with Crippen LogP contribution in [-0.2, 0) is 11.2 Å². The van der Waals surface area contributed by atoms with Crippen molar-refractivity contribution < 1.29 is 14.6 Å². The Labute approximate surface area is 138 Å². The van der Waals surface area contributed by atoms with Crippen molar-refractivity contribution in [3.8, 4) is 0 Å². The summed E-state index contributed by atoms with van der Waals surface area (Å²) in [5.74, 6) is -0.513. The van der Waals surface area contributed by atoms with Gasteiger partial charge in [-0.1, -0.05) is 18.2 Å². The molecule has 0 aliphatic carbocycles. The van der Waals surface area contributed by atoms with Crippen molar-refractivity contribution in [3.05, 3.63) is 72.7 Å². The third kappa shape index (κ3) is 4.10. The highest BCUT2D eigenvalue weighted by molar-refractivity contribution is 9.10. The number of amides is 1. The summed E-state index contributed by atoms with van der Waals surface area (Å²) >= 11 is 3.19. The number of nitrogens with zero attached hydrogens (tertiary/aromatic N) is 2. The second kappa shape index (κ2) is 6.97. The number of benzene rings is 2. The fraction of sp³-hybridized carbons (Fsp3) is 0.0714. The first kappa shape index (κ1) is 16.6. The normalized spacial score (nSPS) is 10.1. The van der Waals surface area contributed by atoms with Crippen LogP contribution in [0.4, 0.5) is 17.1 Å². The Morgan fingerprint density at radius 1 is 1.09 bits per heavy atom. The first-order valence-corrected chi connectivity index (χ1v) is 7.14. The van der Waals surface area contributed by atoms with Crippen molar-refractivity contribution in [2.45, 2.75) is 6.42 Å². The number of nitro benzene ring substituents is 2. The molecule has 0 fully saturated rings. The molecule has 0 aliphatic rings. The van der Waals surface area contributed by atoms with Crippen LogP contribution in [0, 0.1) is 20.2 Å². The molecule has 0 aliphatic heterocycles. The molecule has 0 unspecified atom stereocenters. The predicted octanol–water partition coefficient (Wildman–Crippen LogP) is 3.45. The van der Waals surface area contributed by atoms with Crippen LogP contribution in [-0.4, -0.2) is 15.8 Å². The maximum atomic E-state index is 12.1. The van der Waals surface area contributed by atoms with E-state index in [1.165, 1.54) is 36.4 Å². The van der Waals surface area contributed by atoms with E-state index in [1.807, 2.05) is 0 Å². The average Bonchev–Trinajstić information content (AvgIpc) is 2.49. The fourth-order valence-corrected chi connectivity index (χ4v) is 2.27. The number of non-ortho nitro benzene ring substituents is 1. The molecule has 0 radical (unpaired) electrons. The molecule has 1 N–H and O–H groups in total. The van der Waals surface area contributed by atoms with Crippen LogP contribution in [0.15, 0.2) is 46.9 Å². The van der Waals surface area contributed by atoms with E-state index in [-0.39, 0.29) is 29.0 Å². The molecule has 23 heavy (non-hydrogen) atoms. The maximum absolute atomic E-state index is 12.1. The lowest BCUT2D eigenvalue weighted by Gasteiger charge is -2.07. The second-order valence-corrected chi connectivity index (χ2v) is 5.39. The molecule has 0 aromatic heterocycles. The number of carbonyl (C=O) groups is 1. The first-order valence-electron chi connectivity index (χ1n) is 6.34. The molecule has 2 rings (SSSR count). The summed E-state index contributed by atoms with van der Waals surface area (Å²) in [5.41, 5.74) is 0.161. The van der Waals surface area contributed by atoms with E-state index in [0.29, 0.717) is 4.47 Å². The molecular weight excluding hydrogens is 370 g/mol. The fourth-order valence-electron chi connectivity index (χ4n) is 1.93. The Bertz CT molecular complexity index is 794. The van der Waals surface area contributed by atoms with Gasteiger partial charge in [-0.15, -0.1) is 0 Å². The molecule has 1 amide bonds. The van der Waals surface area contributed by atoms with Gasteiger partial charge in [0.25, 0.3) is 11.4 Å². The number of halogens is 1. The highest BCUT2D eigenvalue weighted by atomic mass is 79.9. The van der Waals surface area contributed by atoms with E-state index in [2.05, 4.69) is 21.2 Å². The van der Waals surface area contributed by atoms with Gasteiger partial charge < -0.3 is 5.32 Å². The van der Waals surface area contributed by atoms with Crippen LogP contribution in [0.3, 0.4) is 0 Å². The number of carbonyl (C=O) groups excluding carboxylic acids is 1. The van der Waals surface area contributed by atoms with E-state index in [1.54, 1.807) is 6.07 Å². The van der Waals surface area contributed by atoms with E-state index >= 15 is 0 Å². The van der Waals surface area contributed by atoms with E-state index in [4.69, 9.17) is 0 Å². The standard InChI is InChI=1S/C14H10BrN3O5/c15-11-6-5-10(17(20)21)8-12(11)16-14(19)7-9-3-1-2-4-13(9)18(22)23/h1-6,8H,7H2,(H,16,19). The van der Waals surface area contributed by atoms with Gasteiger partial charge in [-0.25, -0.2) is 0 Å². The molecule has 118 valence electrons. The Morgan fingerprint density at radius 3 is 2.43 bits per heavy atom. The molecule has 2 aromatic rings. The number of nitrogens with one attached hydrogen (secondary N) is 1. The SMILES string of the molecule is O=C(Cc1ccccc1[N+](=O)[O-])Nc1cc([N+](=O)[O-])ccc1Br. The molecule has 9 heteroatoms. The zero-order valence-corrected chi connectivity index (χ0v) is 13.1. The van der Waals surface area contributed by atoms with Crippen molar-refractivity contribution in [2.75, 3.05) is 5.32 Å². The average molecular weight is 380 g/mol. The van der Waals surface area contributed by atoms with Crippen molar-refractivity contribution in [2.24, 2.45) is 0 Å². The summed E-state index contributed by atoms with van der Waals surface area (Å²) in [7, 11) is 0. The van der Waals surface area contributed by atoms with E-state index < -0.39 is 15.8 Å². The number of nitro groups is 2. The smallest absolute Gasteiger partial charge is 0.273 e. The minimum atomic E-state index is -0.579. The summed E-state index contributed by atoms with van der Waals surface area (Å²) in [6, 6.07) is 9.85. The maximum Gasteiger partial charge on any atom is 0.273 e. The molecule has 0 bridgehead atoms. The van der Waals surface area contributed by atoms with Gasteiger partial charge in [0, 0.05) is 28.2 Å². The summed E-state index contributed by atoms with van der Waals surface area (Å²) in [6.45, 7) is 0. The van der Waals surface area contributed by atoms with Crippen molar-refractivity contribution in [1.82, 2.24) is 0 Å². The van der Waals surface area contributed by atoms with Crippen LogP contribution in [0.2, 0.25) is 0 Å². The van der Waals surface area contributed by atoms with Crippen LogP contribution >= 0.6 is 15.9 Å². The molecule has 8 nitrogen and oxygen atoms in total. The number of hydrogen-bond acceptors (Lipinski definition) is 5. The highest BCUT2D eigenvalue weighted by Gasteiger charge is 2.17. The van der Waals surface area contributed by atoms with Gasteiger partial charge >= 0.3 is 0 Å². The van der Waals surface area contributed by atoms with Crippen LogP contribution < -0.4 is 5.32 Å². The Morgan fingerprint density at radius 2 is 1.78 bits per heavy atom. The first-order chi connectivity index (χ1) is 10.9. The van der Waals surface area contributed by atoms with Gasteiger partial charge in [-0.2, -0.15) is 0 Å². The summed E-state index contributed by atoms with van der Waals surface area (Å²) in [6.07, 6.45) is -0.216. The summed E-state index contributed by atoms with van der Waals surface area (Å²) in [5, 5.41) is 24.2. The van der Waals surface area contributed by atoms with Crippen molar-refractivity contribution in [3.63, 3.8) is 0 Å². The van der Waals surface area contributed by atoms with Gasteiger partial charge in [0.1, 0.15) is 0 Å². The van der Waals surface area contributed by atoms with Crippen LogP contribution in [0.5, 0.6) is 0 Å². The Hall–Kier alpha value is -2.81. The predicted molar refractivity (Wildman–Crippen MR) is 86.2 cm³/mol. The molecule has 0 spiro atoms. The molecule has 0 atom stereocenters. The van der Waals surface area contributed by atoms with E-state index in [9.17, 15) is 25.0 Å². The summed E-state index contributed by atoms with van der Waals surface area (Å²) in [4.78, 5) is 32.6. The lowest BCUT2D eigenvalue weighted by Crippen LogP contribution is -2.15. The third-order valence-electron chi connectivity index (χ3n) is 2.97. The monoisotopic (exact) mass is 379 g/mol. The molecule has 0 heterocycles. The molecule has 0 saturated carbocycles. The van der Waals surface area contributed by atoms with Crippen molar-refractivity contribution >= 4 is 38.9 Å². The number of anilines is 1. The van der Waals surface area contributed by atoms with Gasteiger partial charge in [0.15, 0.2) is 0 Å². The zero-order chi connectivity index (χ0) is 17.0. The van der Waals surface area contributed by atoms with Crippen LogP contribution in [0.1, 0.15) is 5.56 Å². The minimum Gasteiger partial charge on any atom is -0.325 e. The number of para-hydroxylation sites is 1. The van der Waals surface area contributed by atoms with Crippen LogP contribution in [0.25, 0.3) is 0 Å². The minimum absolute atomic E-state index is 0.152.